The summed E-state index contributed by atoms with van der Waals surface area (Å²) in [5, 5.41) is 4.82. The Bertz CT molecular complexity index is 554. The van der Waals surface area contributed by atoms with Crippen LogP contribution in [-0.4, -0.2) is 56.1 Å². The van der Waals surface area contributed by atoms with Gasteiger partial charge in [0.1, 0.15) is 0 Å². The van der Waals surface area contributed by atoms with Gasteiger partial charge in [-0.25, -0.2) is 0 Å². The summed E-state index contributed by atoms with van der Waals surface area (Å²) in [6.07, 6.45) is 2.81. The number of Topliss-reactive ketones (excluding diaryl/α,β-unsaturated/α-hetero) is 1. The SMILES string of the molecule is C[NH+](C)CCCNC(=S)N1CCC(C(=O)c2ccc(Cl)cc2)CC1. The lowest BCUT2D eigenvalue weighted by atomic mass is 9.89. The minimum atomic E-state index is 0.0857. The molecule has 0 aliphatic carbocycles. The first-order chi connectivity index (χ1) is 11.5. The van der Waals surface area contributed by atoms with E-state index in [0.717, 1.165) is 56.1 Å². The van der Waals surface area contributed by atoms with Crippen LogP contribution >= 0.6 is 23.8 Å². The third-order valence-corrected chi connectivity index (χ3v) is 5.07. The fourth-order valence-electron chi connectivity index (χ4n) is 2.94. The van der Waals surface area contributed by atoms with Crippen LogP contribution in [0.25, 0.3) is 0 Å². The van der Waals surface area contributed by atoms with Crippen LogP contribution in [0.4, 0.5) is 0 Å². The molecule has 6 heteroatoms. The van der Waals surface area contributed by atoms with Crippen LogP contribution in [0.15, 0.2) is 24.3 Å². The lowest BCUT2D eigenvalue weighted by Gasteiger charge is -2.33. The van der Waals surface area contributed by atoms with E-state index in [1.807, 2.05) is 12.1 Å². The van der Waals surface area contributed by atoms with E-state index in [9.17, 15) is 4.79 Å². The van der Waals surface area contributed by atoms with Gasteiger partial charge in [-0.15, -0.1) is 0 Å². The Labute approximate surface area is 155 Å². The van der Waals surface area contributed by atoms with Crippen LogP contribution in [0.3, 0.4) is 0 Å². The van der Waals surface area contributed by atoms with Gasteiger partial charge in [-0.2, -0.15) is 0 Å². The minimum Gasteiger partial charge on any atom is -0.362 e. The fourth-order valence-corrected chi connectivity index (χ4v) is 3.35. The van der Waals surface area contributed by atoms with Crippen LogP contribution in [0.1, 0.15) is 29.6 Å². The number of nitrogens with one attached hydrogen (secondary N) is 2. The van der Waals surface area contributed by atoms with Crippen LogP contribution in [0, 0.1) is 5.92 Å². The lowest BCUT2D eigenvalue weighted by Crippen LogP contribution is -3.05. The molecule has 1 aliphatic rings. The predicted molar refractivity (Wildman–Crippen MR) is 103 cm³/mol. The first-order valence-corrected chi connectivity index (χ1v) is 9.37. The van der Waals surface area contributed by atoms with Gasteiger partial charge in [0.05, 0.1) is 20.6 Å². The number of benzene rings is 1. The second-order valence-electron chi connectivity index (χ2n) is 6.68. The van der Waals surface area contributed by atoms with Crippen LogP contribution in [-0.2, 0) is 0 Å². The standard InChI is InChI=1S/C18H26ClN3OS/c1-21(2)11-3-10-20-18(24)22-12-8-15(9-13-22)17(23)14-4-6-16(19)7-5-14/h4-7,15H,3,8-13H2,1-2H3,(H,20,24)/p+1. The van der Waals surface area contributed by atoms with E-state index in [4.69, 9.17) is 23.8 Å². The molecule has 0 atom stereocenters. The van der Waals surface area contributed by atoms with Gasteiger partial charge < -0.3 is 15.1 Å². The molecule has 0 unspecified atom stereocenters. The summed E-state index contributed by atoms with van der Waals surface area (Å²) in [6, 6.07) is 7.18. The predicted octanol–water partition coefficient (Wildman–Crippen LogP) is 1.64. The maximum atomic E-state index is 12.5. The van der Waals surface area contributed by atoms with Crippen molar-refractivity contribution in [3.8, 4) is 0 Å². The van der Waals surface area contributed by atoms with Crippen molar-refractivity contribution >= 4 is 34.7 Å². The summed E-state index contributed by atoms with van der Waals surface area (Å²) in [4.78, 5) is 16.2. The number of nitrogens with zero attached hydrogens (tertiary/aromatic N) is 1. The molecule has 0 amide bonds. The van der Waals surface area contributed by atoms with Crippen molar-refractivity contribution in [3.63, 3.8) is 0 Å². The normalized spacial score (nSPS) is 15.6. The highest BCUT2D eigenvalue weighted by Crippen LogP contribution is 2.22. The minimum absolute atomic E-state index is 0.0857. The van der Waals surface area contributed by atoms with Crippen molar-refractivity contribution in [1.29, 1.82) is 0 Å². The van der Waals surface area contributed by atoms with E-state index < -0.39 is 0 Å². The summed E-state index contributed by atoms with van der Waals surface area (Å²) < 4.78 is 0. The Kier molecular flexibility index (Phi) is 7.46. The largest absolute Gasteiger partial charge is 0.362 e. The highest BCUT2D eigenvalue weighted by Gasteiger charge is 2.26. The van der Waals surface area contributed by atoms with Crippen LogP contribution < -0.4 is 10.2 Å². The Morgan fingerprint density at radius 2 is 1.92 bits per heavy atom. The van der Waals surface area contributed by atoms with E-state index in [0.29, 0.717) is 5.02 Å². The average molecular weight is 369 g/mol. The van der Waals surface area contributed by atoms with Crippen LogP contribution in [0.2, 0.25) is 5.02 Å². The van der Waals surface area contributed by atoms with Gasteiger partial charge in [-0.05, 0) is 49.3 Å². The number of hydrogen-bond acceptors (Lipinski definition) is 2. The number of quaternary nitrogens is 1. The molecule has 4 nitrogen and oxygen atoms in total. The monoisotopic (exact) mass is 368 g/mol. The summed E-state index contributed by atoms with van der Waals surface area (Å²) in [6.45, 7) is 3.73. The number of thiocarbonyl (C=S) groups is 1. The number of piperidine rings is 1. The number of carbonyl (C=O) groups is 1. The molecule has 1 aromatic carbocycles. The summed E-state index contributed by atoms with van der Waals surface area (Å²) in [7, 11) is 4.31. The number of hydrogen-bond donors (Lipinski definition) is 2. The van der Waals surface area contributed by atoms with E-state index >= 15 is 0 Å². The molecule has 1 saturated heterocycles. The van der Waals surface area contributed by atoms with Gasteiger partial charge in [0.2, 0.25) is 0 Å². The molecule has 1 heterocycles. The molecule has 0 spiro atoms. The van der Waals surface area contributed by atoms with Gasteiger partial charge in [-0.1, -0.05) is 11.6 Å². The van der Waals surface area contributed by atoms with E-state index in [1.165, 1.54) is 4.90 Å². The average Bonchev–Trinajstić information content (AvgIpc) is 2.58. The van der Waals surface area contributed by atoms with Gasteiger partial charge in [0.15, 0.2) is 10.9 Å². The third-order valence-electron chi connectivity index (χ3n) is 4.41. The van der Waals surface area contributed by atoms with Gasteiger partial charge in [0.25, 0.3) is 0 Å². The molecule has 1 aromatic rings. The highest BCUT2D eigenvalue weighted by atomic mass is 35.5. The summed E-state index contributed by atoms with van der Waals surface area (Å²) >= 11 is 11.4. The number of halogens is 1. The van der Waals surface area contributed by atoms with Crippen molar-refractivity contribution in [3.05, 3.63) is 34.9 Å². The molecule has 24 heavy (non-hydrogen) atoms. The molecule has 1 aliphatic heterocycles. The van der Waals surface area contributed by atoms with Gasteiger partial charge in [-0.3, -0.25) is 4.79 Å². The summed E-state index contributed by atoms with van der Waals surface area (Å²) in [5.74, 6) is 0.307. The first-order valence-electron chi connectivity index (χ1n) is 8.59. The second-order valence-corrected chi connectivity index (χ2v) is 7.50. The summed E-state index contributed by atoms with van der Waals surface area (Å²) in [5.41, 5.74) is 0.754. The molecule has 2 rings (SSSR count). The molecule has 0 radical (unpaired) electrons. The maximum absolute atomic E-state index is 12.5. The Balaban J connectivity index is 1.75. The van der Waals surface area contributed by atoms with Crippen molar-refractivity contribution < 1.29 is 9.69 Å². The number of carbonyl (C=O) groups excluding carboxylic acids is 1. The fraction of sp³-hybridized carbons (Fsp3) is 0.556. The van der Waals surface area contributed by atoms with Crippen molar-refractivity contribution in [1.82, 2.24) is 10.2 Å². The first kappa shape index (κ1) is 19.2. The third kappa shape index (κ3) is 5.72. The molecule has 0 saturated carbocycles. The lowest BCUT2D eigenvalue weighted by molar-refractivity contribution is -0.858. The molecule has 0 aromatic heterocycles. The van der Waals surface area contributed by atoms with Crippen LogP contribution in [0.5, 0.6) is 0 Å². The zero-order valence-corrected chi connectivity index (χ0v) is 16.1. The molecular weight excluding hydrogens is 342 g/mol. The quantitative estimate of drug-likeness (QED) is 0.455. The Morgan fingerprint density at radius 1 is 1.29 bits per heavy atom. The maximum Gasteiger partial charge on any atom is 0.168 e. The molecule has 0 bridgehead atoms. The Hall–Kier alpha value is -1.17. The molecule has 132 valence electrons. The van der Waals surface area contributed by atoms with Gasteiger partial charge in [0, 0.05) is 42.6 Å². The zero-order valence-electron chi connectivity index (χ0n) is 14.5. The van der Waals surface area contributed by atoms with Gasteiger partial charge >= 0.3 is 0 Å². The number of rotatable bonds is 6. The molecule has 1 fully saturated rings. The van der Waals surface area contributed by atoms with E-state index in [-0.39, 0.29) is 11.7 Å². The molecule has 2 N–H and O–H groups in total. The number of likely N-dealkylation sites (tertiary alicyclic amines) is 1. The second kappa shape index (κ2) is 9.35. The Morgan fingerprint density at radius 3 is 2.50 bits per heavy atom. The van der Waals surface area contributed by atoms with E-state index in [1.54, 1.807) is 12.1 Å². The zero-order chi connectivity index (χ0) is 17.5. The smallest absolute Gasteiger partial charge is 0.168 e. The molecular formula is C18H27ClN3OS+. The van der Waals surface area contributed by atoms with E-state index in [2.05, 4.69) is 24.3 Å². The van der Waals surface area contributed by atoms with Crippen molar-refractivity contribution in [2.45, 2.75) is 19.3 Å². The number of ketones is 1. The van der Waals surface area contributed by atoms with Crippen molar-refractivity contribution in [2.24, 2.45) is 5.92 Å². The highest BCUT2D eigenvalue weighted by molar-refractivity contribution is 7.80. The topological polar surface area (TPSA) is 36.8 Å². The van der Waals surface area contributed by atoms with Crippen molar-refractivity contribution in [2.75, 3.05) is 40.3 Å².